The molecule has 7 aromatic rings. The summed E-state index contributed by atoms with van der Waals surface area (Å²) in [6.45, 7) is 0. The van der Waals surface area contributed by atoms with Gasteiger partial charge in [-0.05, 0) is 84.8 Å². The molecule has 0 N–H and O–H groups in total. The van der Waals surface area contributed by atoms with Crippen LogP contribution in [0.15, 0.2) is 155 Å². The molecule has 8 rings (SSSR count). The van der Waals surface area contributed by atoms with Crippen molar-refractivity contribution in [3.8, 4) is 22.3 Å². The molecule has 0 aliphatic carbocycles. The Morgan fingerprint density at radius 2 is 0.907 bits per heavy atom. The SMILES string of the molecule is O=[N+]([O-])c1ccc(-c2ccc(-c3ccc(C4c5c(ccc6ccccc56)Sc5ccc6ccccc6c54)cc3)cc2)cc1. The van der Waals surface area contributed by atoms with E-state index in [2.05, 4.69) is 121 Å². The summed E-state index contributed by atoms with van der Waals surface area (Å²) in [6, 6.07) is 50.7. The van der Waals surface area contributed by atoms with Gasteiger partial charge in [0, 0.05) is 27.8 Å². The second-order valence-corrected chi connectivity index (χ2v) is 12.0. The molecule has 0 fully saturated rings. The van der Waals surface area contributed by atoms with Crippen LogP contribution in [0.1, 0.15) is 22.6 Å². The Balaban J connectivity index is 1.21. The summed E-state index contributed by atoms with van der Waals surface area (Å²) in [5.74, 6) is 0.113. The maximum Gasteiger partial charge on any atom is 0.269 e. The summed E-state index contributed by atoms with van der Waals surface area (Å²) >= 11 is 1.88. The number of nitrogens with zero attached hydrogens (tertiary/aromatic N) is 1. The molecule has 0 amide bonds. The highest BCUT2D eigenvalue weighted by atomic mass is 32.2. The van der Waals surface area contributed by atoms with Gasteiger partial charge < -0.3 is 0 Å². The molecule has 0 radical (unpaired) electrons. The van der Waals surface area contributed by atoms with Crippen LogP contribution in [0, 0.1) is 10.1 Å². The van der Waals surface area contributed by atoms with Gasteiger partial charge in [-0.2, -0.15) is 0 Å². The summed E-state index contributed by atoms with van der Waals surface area (Å²) in [6.07, 6.45) is 0. The van der Waals surface area contributed by atoms with Gasteiger partial charge in [0.1, 0.15) is 0 Å². The average Bonchev–Trinajstić information content (AvgIpc) is 3.07. The van der Waals surface area contributed by atoms with E-state index in [1.54, 1.807) is 24.3 Å². The molecule has 0 aromatic heterocycles. The van der Waals surface area contributed by atoms with E-state index in [0.29, 0.717) is 0 Å². The third kappa shape index (κ3) is 4.39. The molecule has 0 saturated carbocycles. The summed E-state index contributed by atoms with van der Waals surface area (Å²) in [4.78, 5) is 13.3. The van der Waals surface area contributed by atoms with Crippen molar-refractivity contribution in [3.63, 3.8) is 0 Å². The van der Waals surface area contributed by atoms with E-state index < -0.39 is 0 Å². The van der Waals surface area contributed by atoms with Gasteiger partial charge in [0.25, 0.3) is 5.69 Å². The van der Waals surface area contributed by atoms with Gasteiger partial charge in [-0.25, -0.2) is 0 Å². The molecule has 0 saturated heterocycles. The number of hydrogen-bond donors (Lipinski definition) is 0. The highest BCUT2D eigenvalue weighted by Gasteiger charge is 2.31. The minimum Gasteiger partial charge on any atom is -0.258 e. The number of nitro groups is 1. The molecule has 0 spiro atoms. The topological polar surface area (TPSA) is 43.1 Å². The van der Waals surface area contributed by atoms with Crippen LogP contribution < -0.4 is 0 Å². The summed E-state index contributed by atoms with van der Waals surface area (Å²) in [5, 5.41) is 16.2. The van der Waals surface area contributed by atoms with Gasteiger partial charge in [0.2, 0.25) is 0 Å². The van der Waals surface area contributed by atoms with Crippen molar-refractivity contribution in [2.45, 2.75) is 15.7 Å². The first-order valence-corrected chi connectivity index (χ1v) is 15.1. The zero-order valence-electron chi connectivity index (χ0n) is 23.1. The van der Waals surface area contributed by atoms with Crippen molar-refractivity contribution in [2.24, 2.45) is 0 Å². The molecule has 0 unspecified atom stereocenters. The van der Waals surface area contributed by atoms with E-state index in [9.17, 15) is 10.1 Å². The molecule has 3 nitrogen and oxygen atoms in total. The smallest absolute Gasteiger partial charge is 0.258 e. The van der Waals surface area contributed by atoms with E-state index in [0.717, 1.165) is 22.3 Å². The van der Waals surface area contributed by atoms with Crippen LogP contribution in [-0.4, -0.2) is 4.92 Å². The number of rotatable bonds is 4. The lowest BCUT2D eigenvalue weighted by Gasteiger charge is -2.31. The van der Waals surface area contributed by atoms with Gasteiger partial charge in [0.05, 0.1) is 4.92 Å². The second kappa shape index (κ2) is 10.3. The van der Waals surface area contributed by atoms with Gasteiger partial charge >= 0.3 is 0 Å². The van der Waals surface area contributed by atoms with Crippen molar-refractivity contribution >= 4 is 39.0 Å². The lowest BCUT2D eigenvalue weighted by atomic mass is 9.80. The Kier molecular flexibility index (Phi) is 6.09. The maximum absolute atomic E-state index is 11.0. The monoisotopic (exact) mass is 571 g/mol. The normalized spacial score (nSPS) is 12.7. The molecule has 0 bridgehead atoms. The second-order valence-electron chi connectivity index (χ2n) is 10.9. The predicted octanol–water partition coefficient (Wildman–Crippen LogP) is 10.9. The molecule has 1 aliphatic heterocycles. The van der Waals surface area contributed by atoms with Gasteiger partial charge in [-0.15, -0.1) is 0 Å². The fourth-order valence-corrected chi connectivity index (χ4v) is 7.60. The molecule has 43 heavy (non-hydrogen) atoms. The van der Waals surface area contributed by atoms with Crippen LogP contribution in [0.4, 0.5) is 5.69 Å². The number of non-ortho nitro benzene ring substituents is 1. The van der Waals surface area contributed by atoms with Crippen LogP contribution in [0.3, 0.4) is 0 Å². The first kappa shape index (κ1) is 25.5. The molecule has 1 heterocycles. The van der Waals surface area contributed by atoms with Crippen LogP contribution in [-0.2, 0) is 0 Å². The summed E-state index contributed by atoms with van der Waals surface area (Å²) in [7, 11) is 0. The summed E-state index contributed by atoms with van der Waals surface area (Å²) in [5.41, 5.74) is 8.42. The molecule has 4 heteroatoms. The minimum atomic E-state index is -0.370. The van der Waals surface area contributed by atoms with E-state index in [4.69, 9.17) is 0 Å². The van der Waals surface area contributed by atoms with Crippen molar-refractivity contribution < 1.29 is 4.92 Å². The molecule has 1 aliphatic rings. The van der Waals surface area contributed by atoms with Crippen molar-refractivity contribution in [2.75, 3.05) is 0 Å². The average molecular weight is 572 g/mol. The number of hydrogen-bond acceptors (Lipinski definition) is 3. The Morgan fingerprint density at radius 1 is 0.488 bits per heavy atom. The zero-order valence-corrected chi connectivity index (χ0v) is 23.9. The van der Waals surface area contributed by atoms with Crippen LogP contribution in [0.5, 0.6) is 0 Å². The van der Waals surface area contributed by atoms with Crippen LogP contribution in [0.25, 0.3) is 43.8 Å². The van der Waals surface area contributed by atoms with E-state index in [1.807, 2.05) is 11.8 Å². The highest BCUT2D eigenvalue weighted by Crippen LogP contribution is 2.53. The Morgan fingerprint density at radius 3 is 1.37 bits per heavy atom. The fraction of sp³-hybridized carbons (Fsp3) is 0.0256. The highest BCUT2D eigenvalue weighted by molar-refractivity contribution is 7.99. The number of benzene rings is 7. The molecular weight excluding hydrogens is 547 g/mol. The van der Waals surface area contributed by atoms with Crippen molar-refractivity contribution in [3.05, 3.63) is 172 Å². The Hall–Kier alpha value is -5.19. The first-order chi connectivity index (χ1) is 21.1. The molecule has 204 valence electrons. The molecule has 7 aromatic carbocycles. The van der Waals surface area contributed by atoms with Gasteiger partial charge in [-0.3, -0.25) is 10.1 Å². The van der Waals surface area contributed by atoms with Crippen LogP contribution in [0.2, 0.25) is 0 Å². The lowest BCUT2D eigenvalue weighted by molar-refractivity contribution is -0.384. The maximum atomic E-state index is 11.0. The van der Waals surface area contributed by atoms with Crippen molar-refractivity contribution in [1.29, 1.82) is 0 Å². The van der Waals surface area contributed by atoms with Gasteiger partial charge in [0.15, 0.2) is 0 Å². The third-order valence-corrected chi connectivity index (χ3v) is 9.68. The van der Waals surface area contributed by atoms with E-state index in [-0.39, 0.29) is 16.5 Å². The quantitative estimate of drug-likeness (QED) is 0.156. The first-order valence-electron chi connectivity index (χ1n) is 14.3. The number of fused-ring (bicyclic) bond motifs is 6. The van der Waals surface area contributed by atoms with E-state index in [1.165, 1.54) is 48.0 Å². The minimum absolute atomic E-state index is 0.100. The summed E-state index contributed by atoms with van der Waals surface area (Å²) < 4.78 is 0. The predicted molar refractivity (Wildman–Crippen MR) is 177 cm³/mol. The standard InChI is InChI=1S/C39H25NO2S/c41-40(42)32-21-17-28(18-22-32)26-11-9-25(10-12-26)27-13-15-31(16-14-27)37-38-33-7-3-1-5-29(33)19-23-35(38)43-36-24-20-30-6-2-4-8-34(30)39(36)37/h1-24,37H. The third-order valence-electron chi connectivity index (χ3n) is 8.53. The largest absolute Gasteiger partial charge is 0.269 e. The lowest BCUT2D eigenvalue weighted by Crippen LogP contribution is -2.11. The van der Waals surface area contributed by atoms with Gasteiger partial charge in [-0.1, -0.05) is 121 Å². The molecule has 0 atom stereocenters. The van der Waals surface area contributed by atoms with Crippen LogP contribution >= 0.6 is 11.8 Å². The molecular formula is C39H25NO2S. The fourth-order valence-electron chi connectivity index (χ4n) is 6.42. The van der Waals surface area contributed by atoms with Crippen molar-refractivity contribution in [1.82, 2.24) is 0 Å². The van der Waals surface area contributed by atoms with E-state index >= 15 is 0 Å². The number of nitro benzene ring substituents is 1. The Labute approximate surface area is 253 Å². The Bertz CT molecular complexity index is 2080. The zero-order chi connectivity index (χ0) is 28.9.